The van der Waals surface area contributed by atoms with E-state index < -0.39 is 0 Å². The number of H-pyrrole nitrogens is 1. The Labute approximate surface area is 132 Å². The van der Waals surface area contributed by atoms with Crippen molar-refractivity contribution in [3.05, 3.63) is 62.6 Å². The maximum Gasteiger partial charge on any atom is 0.332 e. The molecule has 0 saturated heterocycles. The van der Waals surface area contributed by atoms with Crippen molar-refractivity contribution in [2.75, 3.05) is 0 Å². The van der Waals surface area contributed by atoms with E-state index in [-0.39, 0.29) is 11.2 Å². The van der Waals surface area contributed by atoms with Crippen LogP contribution in [0.1, 0.15) is 25.2 Å². The van der Waals surface area contributed by atoms with Crippen molar-refractivity contribution in [2.24, 2.45) is 0 Å². The maximum atomic E-state index is 12.4. The number of rotatable bonds is 4. The number of imidazole rings is 1. The first kappa shape index (κ1) is 15.0. The molecule has 1 N–H and O–H groups in total. The zero-order valence-corrected chi connectivity index (χ0v) is 13.1. The predicted octanol–water partition coefficient (Wildman–Crippen LogP) is 2.10. The molecule has 0 atom stereocenters. The quantitative estimate of drug-likeness (QED) is 0.802. The molecule has 118 valence electrons. The lowest BCUT2D eigenvalue weighted by molar-refractivity contribution is 0.605. The summed E-state index contributed by atoms with van der Waals surface area (Å²) in [6, 6.07) is 9.81. The summed E-state index contributed by atoms with van der Waals surface area (Å²) >= 11 is 0. The van der Waals surface area contributed by atoms with Gasteiger partial charge in [-0.1, -0.05) is 36.4 Å². The summed E-state index contributed by atoms with van der Waals surface area (Å²) in [4.78, 5) is 32.1. The van der Waals surface area contributed by atoms with Crippen LogP contribution in [-0.4, -0.2) is 19.1 Å². The molecule has 0 unspecified atom stereocenters. The van der Waals surface area contributed by atoms with Crippen LogP contribution in [0.2, 0.25) is 0 Å². The van der Waals surface area contributed by atoms with Gasteiger partial charge in [-0.05, 0) is 25.5 Å². The first-order valence-electron chi connectivity index (χ1n) is 7.62. The summed E-state index contributed by atoms with van der Waals surface area (Å²) in [6.45, 7) is 4.44. The molecule has 6 heteroatoms. The summed E-state index contributed by atoms with van der Waals surface area (Å²) in [5, 5.41) is 0. The zero-order valence-electron chi connectivity index (χ0n) is 13.1. The topological polar surface area (TPSA) is 72.7 Å². The summed E-state index contributed by atoms with van der Waals surface area (Å²) in [7, 11) is 0. The SMILES string of the molecule is CCn1c(=O)c2[nH]c(C=Cc3ccccc3)nc2n(CC)c1=O. The van der Waals surface area contributed by atoms with Gasteiger partial charge < -0.3 is 4.98 Å². The van der Waals surface area contributed by atoms with Crippen molar-refractivity contribution in [1.82, 2.24) is 19.1 Å². The Balaban J connectivity index is 2.15. The van der Waals surface area contributed by atoms with Crippen LogP contribution < -0.4 is 11.2 Å². The minimum Gasteiger partial charge on any atom is -0.333 e. The lowest BCUT2D eigenvalue weighted by Crippen LogP contribution is -2.39. The van der Waals surface area contributed by atoms with E-state index in [1.165, 1.54) is 9.13 Å². The van der Waals surface area contributed by atoms with Crippen molar-refractivity contribution in [1.29, 1.82) is 0 Å². The van der Waals surface area contributed by atoms with Gasteiger partial charge in [-0.25, -0.2) is 9.78 Å². The standard InChI is InChI=1S/C17H18N4O2/c1-3-20-15-14(16(22)21(4-2)17(20)23)18-13(19-15)11-10-12-8-6-5-7-9-12/h5-11H,3-4H2,1-2H3,(H,18,19). The highest BCUT2D eigenvalue weighted by molar-refractivity contribution is 5.75. The van der Waals surface area contributed by atoms with E-state index in [4.69, 9.17) is 0 Å². The molecule has 0 fully saturated rings. The van der Waals surface area contributed by atoms with Crippen molar-refractivity contribution in [2.45, 2.75) is 26.9 Å². The Morgan fingerprint density at radius 1 is 1.04 bits per heavy atom. The van der Waals surface area contributed by atoms with Gasteiger partial charge in [0.05, 0.1) is 0 Å². The minimum absolute atomic E-state index is 0.322. The van der Waals surface area contributed by atoms with E-state index in [1.54, 1.807) is 13.0 Å². The third-order valence-corrected chi connectivity index (χ3v) is 3.75. The van der Waals surface area contributed by atoms with Gasteiger partial charge in [0.1, 0.15) is 11.3 Å². The van der Waals surface area contributed by atoms with E-state index in [2.05, 4.69) is 9.97 Å². The molecular formula is C17H18N4O2. The van der Waals surface area contributed by atoms with Crippen LogP contribution in [0.25, 0.3) is 23.3 Å². The van der Waals surface area contributed by atoms with Gasteiger partial charge in [-0.2, -0.15) is 0 Å². The number of hydrogen-bond donors (Lipinski definition) is 1. The van der Waals surface area contributed by atoms with Crippen LogP contribution in [0.15, 0.2) is 39.9 Å². The van der Waals surface area contributed by atoms with E-state index in [0.717, 1.165) is 5.56 Å². The van der Waals surface area contributed by atoms with Crippen LogP contribution >= 0.6 is 0 Å². The molecule has 0 radical (unpaired) electrons. The summed E-state index contributed by atoms with van der Waals surface area (Å²) in [5.74, 6) is 0.552. The second-order valence-corrected chi connectivity index (χ2v) is 5.14. The number of benzene rings is 1. The Hall–Kier alpha value is -2.89. The van der Waals surface area contributed by atoms with Gasteiger partial charge in [-0.15, -0.1) is 0 Å². The van der Waals surface area contributed by atoms with E-state index in [1.807, 2.05) is 43.3 Å². The van der Waals surface area contributed by atoms with Crippen molar-refractivity contribution >= 4 is 23.3 Å². The fraction of sp³-hybridized carbons (Fsp3) is 0.235. The Bertz CT molecular complexity index is 977. The zero-order chi connectivity index (χ0) is 16.4. The fourth-order valence-corrected chi connectivity index (χ4v) is 2.57. The number of nitrogens with zero attached hydrogens (tertiary/aromatic N) is 3. The van der Waals surface area contributed by atoms with Gasteiger partial charge in [0, 0.05) is 13.1 Å². The number of aryl methyl sites for hydroxylation is 1. The van der Waals surface area contributed by atoms with Gasteiger partial charge in [0.15, 0.2) is 5.65 Å². The van der Waals surface area contributed by atoms with Crippen molar-refractivity contribution < 1.29 is 0 Å². The molecule has 0 aliphatic rings. The van der Waals surface area contributed by atoms with Crippen LogP contribution in [0.3, 0.4) is 0 Å². The first-order valence-corrected chi connectivity index (χ1v) is 7.62. The Kier molecular flexibility index (Phi) is 3.97. The van der Waals surface area contributed by atoms with Crippen LogP contribution in [-0.2, 0) is 13.1 Å². The molecule has 0 bridgehead atoms. The third-order valence-electron chi connectivity index (χ3n) is 3.75. The van der Waals surface area contributed by atoms with Gasteiger partial charge in [-0.3, -0.25) is 13.9 Å². The lowest BCUT2D eigenvalue weighted by Gasteiger charge is -2.06. The number of nitrogens with one attached hydrogen (secondary N) is 1. The molecule has 6 nitrogen and oxygen atoms in total. The van der Waals surface area contributed by atoms with Crippen molar-refractivity contribution in [3.8, 4) is 0 Å². The van der Waals surface area contributed by atoms with Crippen molar-refractivity contribution in [3.63, 3.8) is 0 Å². The third kappa shape index (κ3) is 2.63. The first-order chi connectivity index (χ1) is 11.2. The highest BCUT2D eigenvalue weighted by Gasteiger charge is 2.14. The fourth-order valence-electron chi connectivity index (χ4n) is 2.57. The van der Waals surface area contributed by atoms with E-state index >= 15 is 0 Å². The summed E-state index contributed by atoms with van der Waals surface area (Å²) in [5.41, 5.74) is 1.15. The number of fused-ring (bicyclic) bond motifs is 1. The maximum absolute atomic E-state index is 12.4. The molecule has 23 heavy (non-hydrogen) atoms. The molecule has 3 rings (SSSR count). The monoisotopic (exact) mass is 310 g/mol. The van der Waals surface area contributed by atoms with Gasteiger partial charge in [0.2, 0.25) is 0 Å². The normalized spacial score (nSPS) is 11.6. The number of aromatic nitrogens is 4. The molecule has 0 aliphatic heterocycles. The molecule has 2 heterocycles. The Morgan fingerprint density at radius 3 is 2.39 bits per heavy atom. The molecule has 3 aromatic rings. The van der Waals surface area contributed by atoms with Gasteiger partial charge in [0.25, 0.3) is 5.56 Å². The predicted molar refractivity (Wildman–Crippen MR) is 91.3 cm³/mol. The number of aromatic amines is 1. The van der Waals surface area contributed by atoms with Crippen LogP contribution in [0.5, 0.6) is 0 Å². The van der Waals surface area contributed by atoms with Crippen LogP contribution in [0, 0.1) is 0 Å². The second kappa shape index (κ2) is 6.08. The summed E-state index contributed by atoms with van der Waals surface area (Å²) in [6.07, 6.45) is 3.71. The molecule has 1 aromatic carbocycles. The van der Waals surface area contributed by atoms with Crippen LogP contribution in [0.4, 0.5) is 0 Å². The smallest absolute Gasteiger partial charge is 0.332 e. The largest absolute Gasteiger partial charge is 0.333 e. The second-order valence-electron chi connectivity index (χ2n) is 5.14. The molecule has 0 spiro atoms. The highest BCUT2D eigenvalue weighted by Crippen LogP contribution is 2.09. The molecule has 0 saturated carbocycles. The average molecular weight is 310 g/mol. The Morgan fingerprint density at radius 2 is 1.74 bits per heavy atom. The highest BCUT2D eigenvalue weighted by atomic mass is 16.2. The minimum atomic E-state index is -0.330. The molecule has 0 amide bonds. The molecular weight excluding hydrogens is 292 g/mol. The molecule has 0 aliphatic carbocycles. The van der Waals surface area contributed by atoms with E-state index in [9.17, 15) is 9.59 Å². The average Bonchev–Trinajstić information content (AvgIpc) is 2.99. The van der Waals surface area contributed by atoms with E-state index in [0.29, 0.717) is 30.1 Å². The molecule has 2 aromatic heterocycles. The summed E-state index contributed by atoms with van der Waals surface area (Å²) < 4.78 is 2.73. The lowest BCUT2D eigenvalue weighted by atomic mass is 10.2. The number of hydrogen-bond acceptors (Lipinski definition) is 3. The van der Waals surface area contributed by atoms with Gasteiger partial charge >= 0.3 is 5.69 Å².